The number of nitrogens with zero attached hydrogens (tertiary/aromatic N) is 6. The quantitative estimate of drug-likeness (QED) is 0.386. The highest BCUT2D eigenvalue weighted by Gasteiger charge is 2.39. The maximum atomic E-state index is 13.3. The molecule has 10 nitrogen and oxygen atoms in total. The van der Waals surface area contributed by atoms with E-state index in [1.807, 2.05) is 47.4 Å². The summed E-state index contributed by atoms with van der Waals surface area (Å²) in [7, 11) is 0. The van der Waals surface area contributed by atoms with Crippen molar-refractivity contribution in [2.24, 2.45) is 5.92 Å². The molecule has 5 aromatic rings. The average Bonchev–Trinajstić information content (AvgIpc) is 3.52. The number of carbonyl (C=O) groups excluding carboxylic acids is 1. The number of likely N-dealkylation sites (tertiary alicyclic amines) is 1. The van der Waals surface area contributed by atoms with Crippen molar-refractivity contribution in [1.29, 1.82) is 0 Å². The van der Waals surface area contributed by atoms with E-state index in [2.05, 4.69) is 15.2 Å². The Morgan fingerprint density at radius 3 is 2.58 bits per heavy atom. The normalized spacial score (nSPS) is 17.3. The summed E-state index contributed by atoms with van der Waals surface area (Å²) in [6.07, 6.45) is 7.51. The molecule has 4 heterocycles. The van der Waals surface area contributed by atoms with Crippen LogP contribution in [0.4, 0.5) is 0 Å². The van der Waals surface area contributed by atoms with E-state index in [1.165, 1.54) is 17.1 Å². The summed E-state index contributed by atoms with van der Waals surface area (Å²) in [5.41, 5.74) is 2.76. The van der Waals surface area contributed by atoms with Crippen molar-refractivity contribution in [2.75, 3.05) is 13.1 Å². The summed E-state index contributed by atoms with van der Waals surface area (Å²) < 4.78 is 8.28. The maximum absolute atomic E-state index is 13.3. The standard InChI is InChI=1S/C28H26N6O4/c35-26(19-1-2-19)32-11-9-28(37,10-12-32)16-33-17-29-25-23(27(33)36)15-30-34(25)22-6-3-18(4-7-22)20-5-8-24-21(13-20)14-31-38-24/h3-8,13-15,17,19,37H,1-2,9-12,16H2. The first kappa shape index (κ1) is 22.9. The Kier molecular flexibility index (Phi) is 5.19. The van der Waals surface area contributed by atoms with Gasteiger partial charge in [-0.05, 0) is 61.1 Å². The predicted octanol–water partition coefficient (Wildman–Crippen LogP) is 3.15. The summed E-state index contributed by atoms with van der Waals surface area (Å²) in [6.45, 7) is 1.16. The van der Waals surface area contributed by atoms with E-state index >= 15 is 0 Å². The van der Waals surface area contributed by atoms with E-state index in [9.17, 15) is 14.7 Å². The molecular weight excluding hydrogens is 484 g/mol. The largest absolute Gasteiger partial charge is 0.388 e. The van der Waals surface area contributed by atoms with E-state index in [1.54, 1.807) is 10.9 Å². The number of hydrogen-bond acceptors (Lipinski definition) is 7. The molecule has 7 rings (SSSR count). The van der Waals surface area contributed by atoms with Gasteiger partial charge < -0.3 is 14.5 Å². The highest BCUT2D eigenvalue weighted by atomic mass is 16.5. The summed E-state index contributed by atoms with van der Waals surface area (Å²) >= 11 is 0. The minimum absolute atomic E-state index is 0.136. The first-order valence-electron chi connectivity index (χ1n) is 12.9. The zero-order valence-corrected chi connectivity index (χ0v) is 20.7. The van der Waals surface area contributed by atoms with Crippen LogP contribution in [0, 0.1) is 5.92 Å². The van der Waals surface area contributed by atoms with Gasteiger partial charge in [-0.1, -0.05) is 23.4 Å². The number of piperidine rings is 1. The van der Waals surface area contributed by atoms with E-state index in [4.69, 9.17) is 4.52 Å². The smallest absolute Gasteiger partial charge is 0.264 e. The highest BCUT2D eigenvalue weighted by molar-refractivity contribution is 5.83. The second-order valence-electron chi connectivity index (χ2n) is 10.4. The molecule has 1 aliphatic carbocycles. The molecule has 3 aromatic heterocycles. The third-order valence-corrected chi connectivity index (χ3v) is 7.75. The van der Waals surface area contributed by atoms with Gasteiger partial charge in [0.2, 0.25) is 5.91 Å². The number of amides is 1. The van der Waals surface area contributed by atoms with Crippen LogP contribution in [0.5, 0.6) is 0 Å². The van der Waals surface area contributed by atoms with Gasteiger partial charge in [0.25, 0.3) is 5.56 Å². The van der Waals surface area contributed by atoms with E-state index < -0.39 is 5.60 Å². The molecule has 1 amide bonds. The molecule has 1 aliphatic heterocycles. The Labute approximate surface area is 217 Å². The van der Waals surface area contributed by atoms with Gasteiger partial charge in [-0.25, -0.2) is 9.67 Å². The molecule has 0 unspecified atom stereocenters. The fourth-order valence-corrected chi connectivity index (χ4v) is 5.30. The van der Waals surface area contributed by atoms with Gasteiger partial charge in [-0.3, -0.25) is 14.2 Å². The third-order valence-electron chi connectivity index (χ3n) is 7.75. The Morgan fingerprint density at radius 2 is 1.82 bits per heavy atom. The molecule has 0 radical (unpaired) electrons. The fourth-order valence-electron chi connectivity index (χ4n) is 5.30. The lowest BCUT2D eigenvalue weighted by molar-refractivity contribution is -0.137. The van der Waals surface area contributed by atoms with Crippen molar-refractivity contribution < 1.29 is 14.4 Å². The number of fused-ring (bicyclic) bond motifs is 2. The molecular formula is C28H26N6O4. The van der Waals surface area contributed by atoms with Gasteiger partial charge in [-0.2, -0.15) is 5.10 Å². The summed E-state index contributed by atoms with van der Waals surface area (Å²) in [5, 5.41) is 20.8. The second-order valence-corrected chi connectivity index (χ2v) is 10.4. The summed E-state index contributed by atoms with van der Waals surface area (Å²) in [5.74, 6) is 0.372. The number of benzene rings is 2. The molecule has 10 heteroatoms. The zero-order chi connectivity index (χ0) is 25.9. The van der Waals surface area contributed by atoms with E-state index in [0.29, 0.717) is 37.0 Å². The number of rotatable bonds is 5. The van der Waals surface area contributed by atoms with Gasteiger partial charge in [0, 0.05) is 24.4 Å². The number of aliphatic hydroxyl groups is 1. The molecule has 2 fully saturated rings. The second kappa shape index (κ2) is 8.63. The van der Waals surface area contributed by atoms with E-state index in [-0.39, 0.29) is 23.9 Å². The minimum atomic E-state index is -1.05. The Morgan fingerprint density at radius 1 is 1.05 bits per heavy atom. The van der Waals surface area contributed by atoms with Gasteiger partial charge in [0.05, 0.1) is 30.2 Å². The van der Waals surface area contributed by atoms with Crippen molar-refractivity contribution in [1.82, 2.24) is 29.4 Å². The van der Waals surface area contributed by atoms with Gasteiger partial charge >= 0.3 is 0 Å². The van der Waals surface area contributed by atoms with Crippen molar-refractivity contribution in [3.8, 4) is 16.8 Å². The minimum Gasteiger partial charge on any atom is -0.388 e. The van der Waals surface area contributed by atoms with Crippen molar-refractivity contribution in [3.63, 3.8) is 0 Å². The fraction of sp³-hybridized carbons (Fsp3) is 0.321. The summed E-state index contributed by atoms with van der Waals surface area (Å²) in [6, 6.07) is 13.8. The van der Waals surface area contributed by atoms with Crippen LogP contribution >= 0.6 is 0 Å². The number of aromatic nitrogens is 5. The van der Waals surface area contributed by atoms with Crippen molar-refractivity contribution >= 4 is 27.9 Å². The van der Waals surface area contributed by atoms with Crippen molar-refractivity contribution in [3.05, 3.63) is 71.5 Å². The Hall–Kier alpha value is -4.31. The van der Waals surface area contributed by atoms with Crippen LogP contribution in [0.1, 0.15) is 25.7 Å². The van der Waals surface area contributed by atoms with Crippen LogP contribution in [0.2, 0.25) is 0 Å². The monoisotopic (exact) mass is 510 g/mol. The SMILES string of the molecule is O=C(C1CC1)N1CCC(O)(Cn2cnc3c(cnn3-c3ccc(-c4ccc5oncc5c4)cc3)c2=O)CC1. The average molecular weight is 511 g/mol. The van der Waals surface area contributed by atoms with Gasteiger partial charge in [0.1, 0.15) is 11.7 Å². The van der Waals surface area contributed by atoms with Crippen LogP contribution in [0.25, 0.3) is 38.8 Å². The molecule has 0 atom stereocenters. The van der Waals surface area contributed by atoms with Gasteiger partial charge in [0.15, 0.2) is 11.2 Å². The van der Waals surface area contributed by atoms with Crippen LogP contribution in [0.3, 0.4) is 0 Å². The predicted molar refractivity (Wildman–Crippen MR) is 140 cm³/mol. The molecule has 38 heavy (non-hydrogen) atoms. The number of carbonyl (C=O) groups is 1. The maximum Gasteiger partial charge on any atom is 0.264 e. The van der Waals surface area contributed by atoms with Crippen LogP contribution in [0.15, 0.2) is 70.5 Å². The van der Waals surface area contributed by atoms with E-state index in [0.717, 1.165) is 40.6 Å². The summed E-state index contributed by atoms with van der Waals surface area (Å²) in [4.78, 5) is 32.0. The molecule has 1 saturated carbocycles. The lowest BCUT2D eigenvalue weighted by Gasteiger charge is -2.38. The lowest BCUT2D eigenvalue weighted by Crippen LogP contribution is -2.50. The Balaban J connectivity index is 1.11. The van der Waals surface area contributed by atoms with Gasteiger partial charge in [-0.15, -0.1) is 0 Å². The molecule has 1 saturated heterocycles. The molecule has 192 valence electrons. The van der Waals surface area contributed by atoms with Crippen LogP contribution < -0.4 is 5.56 Å². The molecule has 2 aliphatic rings. The lowest BCUT2D eigenvalue weighted by atomic mass is 9.91. The van der Waals surface area contributed by atoms with Crippen LogP contribution in [-0.4, -0.2) is 59.1 Å². The zero-order valence-electron chi connectivity index (χ0n) is 20.7. The molecule has 0 spiro atoms. The Bertz CT molecular complexity index is 1720. The van der Waals surface area contributed by atoms with Crippen LogP contribution in [-0.2, 0) is 11.3 Å². The molecule has 1 N–H and O–H groups in total. The first-order chi connectivity index (χ1) is 18.5. The third kappa shape index (κ3) is 3.97. The van der Waals surface area contributed by atoms with Crippen molar-refractivity contribution in [2.45, 2.75) is 37.8 Å². The first-order valence-corrected chi connectivity index (χ1v) is 12.9. The highest BCUT2D eigenvalue weighted by Crippen LogP contribution is 2.33. The topological polar surface area (TPSA) is 119 Å². The number of hydrogen-bond donors (Lipinski definition) is 1. The molecule has 2 aromatic carbocycles. The molecule has 0 bridgehead atoms.